The fourth-order valence-corrected chi connectivity index (χ4v) is 2.60. The molecule has 1 unspecified atom stereocenters. The molecule has 1 saturated heterocycles. The van der Waals surface area contributed by atoms with Gasteiger partial charge in [0, 0.05) is 10.1 Å². The van der Waals surface area contributed by atoms with Gasteiger partial charge in [0.1, 0.15) is 6.04 Å². The molecule has 1 fully saturated rings. The van der Waals surface area contributed by atoms with E-state index in [4.69, 9.17) is 0 Å². The molecular formula is C14H17IN2O2. The average Bonchev–Trinajstić information content (AvgIpc) is 2.40. The normalized spacial score (nSPS) is 19.5. The van der Waals surface area contributed by atoms with Crippen molar-refractivity contribution < 1.29 is 9.59 Å². The minimum atomic E-state index is -0.328. The van der Waals surface area contributed by atoms with Crippen LogP contribution in [0.5, 0.6) is 0 Å². The SMILES string of the molecule is CCCC1C(=O)NCC(=O)N1Cc1ccc(I)cc1. The number of rotatable bonds is 4. The predicted octanol–water partition coefficient (Wildman–Crippen LogP) is 1.92. The minimum absolute atomic E-state index is 0.00315. The predicted molar refractivity (Wildman–Crippen MR) is 81.4 cm³/mol. The van der Waals surface area contributed by atoms with Crippen molar-refractivity contribution in [3.8, 4) is 0 Å². The van der Waals surface area contributed by atoms with Crippen molar-refractivity contribution in [3.63, 3.8) is 0 Å². The first kappa shape index (κ1) is 14.3. The summed E-state index contributed by atoms with van der Waals surface area (Å²) < 4.78 is 1.16. The zero-order chi connectivity index (χ0) is 13.8. The lowest BCUT2D eigenvalue weighted by atomic mass is 10.1. The van der Waals surface area contributed by atoms with Gasteiger partial charge in [-0.1, -0.05) is 25.5 Å². The summed E-state index contributed by atoms with van der Waals surface area (Å²) in [5.41, 5.74) is 1.06. The second-order valence-corrected chi connectivity index (χ2v) is 5.92. The molecule has 0 spiro atoms. The van der Waals surface area contributed by atoms with E-state index < -0.39 is 0 Å². The third-order valence-corrected chi connectivity index (χ3v) is 3.96. The first-order chi connectivity index (χ1) is 9.11. The Morgan fingerprint density at radius 1 is 1.32 bits per heavy atom. The number of carbonyl (C=O) groups excluding carboxylic acids is 2. The van der Waals surface area contributed by atoms with Crippen LogP contribution >= 0.6 is 22.6 Å². The number of amides is 2. The maximum absolute atomic E-state index is 12.0. The molecule has 5 heteroatoms. The van der Waals surface area contributed by atoms with Gasteiger partial charge in [0.15, 0.2) is 0 Å². The van der Waals surface area contributed by atoms with E-state index in [1.807, 2.05) is 31.2 Å². The Bertz CT molecular complexity index is 473. The van der Waals surface area contributed by atoms with Crippen molar-refractivity contribution >= 4 is 34.4 Å². The van der Waals surface area contributed by atoms with Crippen LogP contribution in [0.2, 0.25) is 0 Å². The topological polar surface area (TPSA) is 49.4 Å². The minimum Gasteiger partial charge on any atom is -0.345 e. The number of benzene rings is 1. The van der Waals surface area contributed by atoms with Gasteiger partial charge in [-0.15, -0.1) is 0 Å². The van der Waals surface area contributed by atoms with Crippen LogP contribution in [-0.2, 0) is 16.1 Å². The van der Waals surface area contributed by atoms with Crippen LogP contribution in [-0.4, -0.2) is 29.3 Å². The van der Waals surface area contributed by atoms with Gasteiger partial charge in [-0.2, -0.15) is 0 Å². The Kier molecular flexibility index (Phi) is 4.79. The van der Waals surface area contributed by atoms with Gasteiger partial charge < -0.3 is 10.2 Å². The highest BCUT2D eigenvalue weighted by Crippen LogP contribution is 2.16. The van der Waals surface area contributed by atoms with Crippen molar-refractivity contribution in [2.45, 2.75) is 32.4 Å². The molecule has 2 amide bonds. The highest BCUT2D eigenvalue weighted by Gasteiger charge is 2.33. The Labute approximate surface area is 126 Å². The second-order valence-electron chi connectivity index (χ2n) is 4.67. The van der Waals surface area contributed by atoms with Gasteiger partial charge in [0.05, 0.1) is 6.54 Å². The van der Waals surface area contributed by atoms with E-state index in [1.165, 1.54) is 0 Å². The van der Waals surface area contributed by atoms with Crippen molar-refractivity contribution in [1.82, 2.24) is 10.2 Å². The lowest BCUT2D eigenvalue weighted by Crippen LogP contribution is -2.57. The summed E-state index contributed by atoms with van der Waals surface area (Å²) in [5.74, 6) is -0.0384. The van der Waals surface area contributed by atoms with E-state index in [-0.39, 0.29) is 24.4 Å². The number of nitrogens with one attached hydrogen (secondary N) is 1. The maximum Gasteiger partial charge on any atom is 0.243 e. The molecule has 0 radical (unpaired) electrons. The Morgan fingerprint density at radius 2 is 2.00 bits per heavy atom. The molecule has 1 N–H and O–H groups in total. The van der Waals surface area contributed by atoms with E-state index in [2.05, 4.69) is 27.9 Å². The van der Waals surface area contributed by atoms with Crippen molar-refractivity contribution in [2.75, 3.05) is 6.54 Å². The third-order valence-electron chi connectivity index (χ3n) is 3.24. The molecule has 0 saturated carbocycles. The van der Waals surface area contributed by atoms with Gasteiger partial charge in [0.2, 0.25) is 11.8 Å². The molecule has 19 heavy (non-hydrogen) atoms. The van der Waals surface area contributed by atoms with Crippen LogP contribution in [0.15, 0.2) is 24.3 Å². The highest BCUT2D eigenvalue weighted by atomic mass is 127. The van der Waals surface area contributed by atoms with Crippen molar-refractivity contribution in [2.24, 2.45) is 0 Å². The quantitative estimate of drug-likeness (QED) is 0.822. The lowest BCUT2D eigenvalue weighted by Gasteiger charge is -2.35. The molecule has 1 aliphatic heterocycles. The van der Waals surface area contributed by atoms with Gasteiger partial charge in [-0.25, -0.2) is 0 Å². The molecule has 1 aliphatic rings. The zero-order valence-corrected chi connectivity index (χ0v) is 13.0. The maximum atomic E-state index is 12.0. The van der Waals surface area contributed by atoms with Gasteiger partial charge in [-0.05, 0) is 46.7 Å². The largest absolute Gasteiger partial charge is 0.345 e. The van der Waals surface area contributed by atoms with E-state index >= 15 is 0 Å². The number of nitrogens with zero attached hydrogens (tertiary/aromatic N) is 1. The molecule has 4 nitrogen and oxygen atoms in total. The number of carbonyl (C=O) groups is 2. The molecule has 1 aromatic carbocycles. The molecule has 1 aromatic rings. The van der Waals surface area contributed by atoms with Crippen LogP contribution in [0.1, 0.15) is 25.3 Å². The summed E-state index contributed by atoms with van der Waals surface area (Å²) in [4.78, 5) is 25.6. The third kappa shape index (κ3) is 3.46. The fourth-order valence-electron chi connectivity index (χ4n) is 2.24. The van der Waals surface area contributed by atoms with Gasteiger partial charge in [0.25, 0.3) is 0 Å². The highest BCUT2D eigenvalue weighted by molar-refractivity contribution is 14.1. The Balaban J connectivity index is 2.16. The number of hydrogen-bond acceptors (Lipinski definition) is 2. The second kappa shape index (κ2) is 6.36. The molecule has 1 heterocycles. The van der Waals surface area contributed by atoms with Crippen LogP contribution in [0, 0.1) is 3.57 Å². The summed E-state index contributed by atoms with van der Waals surface area (Å²) >= 11 is 2.25. The summed E-state index contributed by atoms with van der Waals surface area (Å²) in [6.45, 7) is 2.65. The van der Waals surface area contributed by atoms with Crippen molar-refractivity contribution in [3.05, 3.63) is 33.4 Å². The molecule has 0 aromatic heterocycles. The molecule has 0 bridgehead atoms. The molecule has 0 aliphatic carbocycles. The fraction of sp³-hybridized carbons (Fsp3) is 0.429. The molecule has 102 valence electrons. The van der Waals surface area contributed by atoms with Gasteiger partial charge in [-0.3, -0.25) is 9.59 Å². The van der Waals surface area contributed by atoms with E-state index in [0.29, 0.717) is 13.0 Å². The van der Waals surface area contributed by atoms with Crippen molar-refractivity contribution in [1.29, 1.82) is 0 Å². The average molecular weight is 372 g/mol. The smallest absolute Gasteiger partial charge is 0.243 e. The first-order valence-corrected chi connectivity index (χ1v) is 7.51. The van der Waals surface area contributed by atoms with E-state index in [1.54, 1.807) is 4.90 Å². The summed E-state index contributed by atoms with van der Waals surface area (Å²) in [5, 5.41) is 2.66. The van der Waals surface area contributed by atoms with Gasteiger partial charge >= 0.3 is 0 Å². The summed E-state index contributed by atoms with van der Waals surface area (Å²) in [6, 6.07) is 7.71. The molecule has 2 rings (SSSR count). The van der Waals surface area contributed by atoms with Crippen LogP contribution in [0.3, 0.4) is 0 Å². The first-order valence-electron chi connectivity index (χ1n) is 6.43. The lowest BCUT2D eigenvalue weighted by molar-refractivity contribution is -0.146. The molecule has 1 atom stereocenters. The van der Waals surface area contributed by atoms with Crippen LogP contribution in [0.25, 0.3) is 0 Å². The van der Waals surface area contributed by atoms with Crippen LogP contribution < -0.4 is 5.32 Å². The Morgan fingerprint density at radius 3 is 2.63 bits per heavy atom. The Hall–Kier alpha value is -1.11. The monoisotopic (exact) mass is 372 g/mol. The van der Waals surface area contributed by atoms with Crippen LogP contribution in [0.4, 0.5) is 0 Å². The number of hydrogen-bond donors (Lipinski definition) is 1. The zero-order valence-electron chi connectivity index (χ0n) is 10.9. The summed E-state index contributed by atoms with van der Waals surface area (Å²) in [7, 11) is 0. The number of halogens is 1. The molecular weight excluding hydrogens is 355 g/mol. The van der Waals surface area contributed by atoms with E-state index in [0.717, 1.165) is 15.6 Å². The summed E-state index contributed by atoms with van der Waals surface area (Å²) in [6.07, 6.45) is 1.59. The van der Waals surface area contributed by atoms with E-state index in [9.17, 15) is 9.59 Å². The standard InChI is InChI=1S/C14H17IN2O2/c1-2-3-12-14(19)16-8-13(18)17(12)9-10-4-6-11(15)7-5-10/h4-7,12H,2-3,8-9H2,1H3,(H,16,19). The number of piperazine rings is 1.